The predicted molar refractivity (Wildman–Crippen MR) is 91.5 cm³/mol. The van der Waals surface area contributed by atoms with Gasteiger partial charge in [0.05, 0.1) is 5.69 Å². The molecule has 0 radical (unpaired) electrons. The Bertz CT molecular complexity index is 855. The van der Waals surface area contributed by atoms with Crippen molar-refractivity contribution in [1.29, 1.82) is 0 Å². The number of pyridine rings is 1. The van der Waals surface area contributed by atoms with Crippen LogP contribution in [0.15, 0.2) is 61.1 Å². The number of amides is 1. The number of nitrogens with zero attached hydrogens (tertiary/aromatic N) is 4. The lowest BCUT2D eigenvalue weighted by molar-refractivity contribution is 0.0596. The van der Waals surface area contributed by atoms with Crippen LogP contribution in [-0.2, 0) is 0 Å². The molecule has 6 heteroatoms. The van der Waals surface area contributed by atoms with E-state index in [9.17, 15) is 4.79 Å². The number of benzene rings is 1. The van der Waals surface area contributed by atoms with Gasteiger partial charge in [0.1, 0.15) is 5.69 Å². The van der Waals surface area contributed by atoms with Crippen molar-refractivity contribution in [3.8, 4) is 5.69 Å². The number of carbonyl (C=O) groups excluding carboxylic acids is 1. The molecule has 4 rings (SSSR count). The Morgan fingerprint density at radius 3 is 2.62 bits per heavy atom. The van der Waals surface area contributed by atoms with Crippen molar-refractivity contribution >= 4 is 17.5 Å². The SMILES string of the molecule is O=C(c1cc(-n2cccn2)ccn1)N1CC(c2ccc(Cl)cc2)C1. The molecular weight excluding hydrogens is 324 g/mol. The molecule has 0 bridgehead atoms. The molecule has 0 saturated carbocycles. The van der Waals surface area contributed by atoms with E-state index in [0.29, 0.717) is 24.7 Å². The minimum absolute atomic E-state index is 0.0470. The third-order valence-electron chi connectivity index (χ3n) is 4.24. The fourth-order valence-electron chi connectivity index (χ4n) is 2.85. The van der Waals surface area contributed by atoms with Crippen LogP contribution in [0, 0.1) is 0 Å². The standard InChI is InChI=1S/C18H15ClN4O/c19-15-4-2-13(3-5-15)14-11-22(12-14)18(24)17-10-16(6-8-20-17)23-9-1-7-21-23/h1-10,14H,11-12H2. The van der Waals surface area contributed by atoms with Crippen molar-refractivity contribution in [2.45, 2.75) is 5.92 Å². The lowest BCUT2D eigenvalue weighted by Crippen LogP contribution is -2.48. The van der Waals surface area contributed by atoms with Crippen molar-refractivity contribution in [2.24, 2.45) is 0 Å². The van der Waals surface area contributed by atoms with E-state index in [1.807, 2.05) is 47.5 Å². The monoisotopic (exact) mass is 338 g/mol. The molecule has 3 aromatic rings. The summed E-state index contributed by atoms with van der Waals surface area (Å²) in [7, 11) is 0. The molecule has 3 heterocycles. The van der Waals surface area contributed by atoms with Gasteiger partial charge in [0.25, 0.3) is 5.91 Å². The third kappa shape index (κ3) is 2.78. The molecule has 24 heavy (non-hydrogen) atoms. The van der Waals surface area contributed by atoms with E-state index < -0.39 is 0 Å². The van der Waals surface area contributed by atoms with E-state index in [2.05, 4.69) is 10.1 Å². The molecule has 0 N–H and O–H groups in total. The van der Waals surface area contributed by atoms with Gasteiger partial charge in [-0.25, -0.2) is 4.68 Å². The van der Waals surface area contributed by atoms with Gasteiger partial charge in [-0.05, 0) is 35.9 Å². The van der Waals surface area contributed by atoms with Crippen LogP contribution in [0.3, 0.4) is 0 Å². The van der Waals surface area contributed by atoms with Crippen molar-refractivity contribution in [1.82, 2.24) is 19.7 Å². The first kappa shape index (κ1) is 14.9. The molecule has 1 amide bonds. The van der Waals surface area contributed by atoms with Crippen LogP contribution >= 0.6 is 11.6 Å². The molecule has 1 aromatic carbocycles. The molecule has 1 aliphatic rings. The van der Waals surface area contributed by atoms with Gasteiger partial charge in [-0.1, -0.05) is 23.7 Å². The molecule has 5 nitrogen and oxygen atoms in total. The van der Waals surface area contributed by atoms with Gasteiger partial charge < -0.3 is 4.90 Å². The van der Waals surface area contributed by atoms with E-state index in [1.165, 1.54) is 5.56 Å². The van der Waals surface area contributed by atoms with Crippen LogP contribution in [0.4, 0.5) is 0 Å². The summed E-state index contributed by atoms with van der Waals surface area (Å²) < 4.78 is 1.71. The zero-order valence-corrected chi connectivity index (χ0v) is 13.6. The van der Waals surface area contributed by atoms with Gasteiger partial charge in [0.15, 0.2) is 0 Å². The Hall–Kier alpha value is -2.66. The third-order valence-corrected chi connectivity index (χ3v) is 4.49. The van der Waals surface area contributed by atoms with Gasteiger partial charge in [0, 0.05) is 42.6 Å². The fourth-order valence-corrected chi connectivity index (χ4v) is 2.98. The van der Waals surface area contributed by atoms with Crippen LogP contribution in [0.2, 0.25) is 5.02 Å². The molecule has 0 atom stereocenters. The smallest absolute Gasteiger partial charge is 0.272 e. The highest BCUT2D eigenvalue weighted by atomic mass is 35.5. The summed E-state index contributed by atoms with van der Waals surface area (Å²) in [6.07, 6.45) is 5.18. The van der Waals surface area contributed by atoms with Crippen LogP contribution in [0.25, 0.3) is 5.69 Å². The molecule has 2 aromatic heterocycles. The minimum atomic E-state index is -0.0470. The second kappa shape index (κ2) is 6.09. The number of likely N-dealkylation sites (tertiary alicyclic amines) is 1. The van der Waals surface area contributed by atoms with E-state index in [-0.39, 0.29) is 5.91 Å². The van der Waals surface area contributed by atoms with Gasteiger partial charge in [0.2, 0.25) is 0 Å². The molecule has 0 unspecified atom stereocenters. The summed E-state index contributed by atoms with van der Waals surface area (Å²) in [5.41, 5.74) is 2.48. The average molecular weight is 339 g/mol. The molecule has 0 aliphatic carbocycles. The largest absolute Gasteiger partial charge is 0.336 e. The molecule has 1 saturated heterocycles. The summed E-state index contributed by atoms with van der Waals surface area (Å²) in [5, 5.41) is 4.91. The van der Waals surface area contributed by atoms with Crippen LogP contribution in [0.1, 0.15) is 22.0 Å². The number of rotatable bonds is 3. The van der Waals surface area contributed by atoms with Crippen LogP contribution in [0.5, 0.6) is 0 Å². The first-order valence-corrected chi connectivity index (χ1v) is 8.09. The summed E-state index contributed by atoms with van der Waals surface area (Å²) in [5.74, 6) is 0.315. The molecule has 1 fully saturated rings. The summed E-state index contributed by atoms with van der Waals surface area (Å²) in [4.78, 5) is 18.6. The Kier molecular flexibility index (Phi) is 3.78. The zero-order valence-electron chi connectivity index (χ0n) is 12.8. The van der Waals surface area contributed by atoms with Gasteiger partial charge >= 0.3 is 0 Å². The molecule has 120 valence electrons. The highest BCUT2D eigenvalue weighted by molar-refractivity contribution is 6.30. The summed E-state index contributed by atoms with van der Waals surface area (Å²) in [6.45, 7) is 1.41. The maximum Gasteiger partial charge on any atom is 0.272 e. The predicted octanol–water partition coefficient (Wildman–Crippen LogP) is 3.16. The van der Waals surface area contributed by atoms with Crippen molar-refractivity contribution in [3.63, 3.8) is 0 Å². The quantitative estimate of drug-likeness (QED) is 0.737. The van der Waals surface area contributed by atoms with Crippen molar-refractivity contribution in [2.75, 3.05) is 13.1 Å². The first-order chi connectivity index (χ1) is 11.7. The van der Waals surface area contributed by atoms with E-state index in [1.54, 1.807) is 23.1 Å². The number of carbonyl (C=O) groups is 1. The lowest BCUT2D eigenvalue weighted by Gasteiger charge is -2.39. The molecule has 1 aliphatic heterocycles. The van der Waals surface area contributed by atoms with Gasteiger partial charge in [-0.3, -0.25) is 9.78 Å². The first-order valence-electron chi connectivity index (χ1n) is 7.71. The Morgan fingerprint density at radius 2 is 1.92 bits per heavy atom. The Labute approximate surface area is 144 Å². The van der Waals surface area contributed by atoms with Crippen LogP contribution in [-0.4, -0.2) is 38.7 Å². The summed E-state index contributed by atoms with van der Waals surface area (Å²) in [6, 6.07) is 13.2. The summed E-state index contributed by atoms with van der Waals surface area (Å²) >= 11 is 5.91. The fraction of sp³-hybridized carbons (Fsp3) is 0.167. The van der Waals surface area contributed by atoms with Crippen LogP contribution < -0.4 is 0 Å². The number of hydrogen-bond acceptors (Lipinski definition) is 3. The average Bonchev–Trinajstić information content (AvgIpc) is 3.10. The van der Waals surface area contributed by atoms with Crippen molar-refractivity contribution < 1.29 is 4.79 Å². The maximum atomic E-state index is 12.6. The maximum absolute atomic E-state index is 12.6. The zero-order chi connectivity index (χ0) is 16.5. The molecule has 0 spiro atoms. The number of aromatic nitrogens is 3. The highest BCUT2D eigenvalue weighted by Crippen LogP contribution is 2.29. The van der Waals surface area contributed by atoms with Crippen molar-refractivity contribution in [3.05, 3.63) is 77.3 Å². The topological polar surface area (TPSA) is 51.0 Å². The van der Waals surface area contributed by atoms with Gasteiger partial charge in [-0.2, -0.15) is 5.10 Å². The normalized spacial score (nSPS) is 14.5. The second-order valence-corrected chi connectivity index (χ2v) is 6.24. The van der Waals surface area contributed by atoms with E-state index >= 15 is 0 Å². The highest BCUT2D eigenvalue weighted by Gasteiger charge is 2.32. The number of halogens is 1. The molecular formula is C18H15ClN4O. The number of hydrogen-bond donors (Lipinski definition) is 0. The van der Waals surface area contributed by atoms with E-state index in [0.717, 1.165) is 10.7 Å². The second-order valence-electron chi connectivity index (χ2n) is 5.81. The lowest BCUT2D eigenvalue weighted by atomic mass is 9.91. The minimum Gasteiger partial charge on any atom is -0.336 e. The van der Waals surface area contributed by atoms with E-state index in [4.69, 9.17) is 11.6 Å². The Balaban J connectivity index is 1.46. The Morgan fingerprint density at radius 1 is 1.12 bits per heavy atom. The van der Waals surface area contributed by atoms with Gasteiger partial charge in [-0.15, -0.1) is 0 Å².